The number of likely N-dealkylation sites (tertiary alicyclic amines) is 1. The van der Waals surface area contributed by atoms with Crippen LogP contribution in [-0.4, -0.2) is 54.5 Å². The summed E-state index contributed by atoms with van der Waals surface area (Å²) in [6.07, 6.45) is 3.55. The third kappa shape index (κ3) is 5.84. The zero-order valence-corrected chi connectivity index (χ0v) is 24.4. The second-order valence-electron chi connectivity index (χ2n) is 11.4. The molecule has 0 saturated carbocycles. The first-order valence-electron chi connectivity index (χ1n) is 15.0. The molecule has 228 valence electrons. The quantitative estimate of drug-likeness (QED) is 0.198. The number of hydrogen-bond acceptors (Lipinski definition) is 9. The summed E-state index contributed by atoms with van der Waals surface area (Å²) in [7, 11) is 0. The number of imide groups is 1. The molecule has 1 unspecified atom stereocenters. The van der Waals surface area contributed by atoms with Crippen LogP contribution >= 0.6 is 0 Å². The molecule has 5 aromatic rings. The van der Waals surface area contributed by atoms with E-state index in [2.05, 4.69) is 25.2 Å². The van der Waals surface area contributed by atoms with Crippen molar-refractivity contribution in [3.63, 3.8) is 0 Å². The van der Waals surface area contributed by atoms with Crippen molar-refractivity contribution in [1.82, 2.24) is 34.9 Å². The van der Waals surface area contributed by atoms with Gasteiger partial charge >= 0.3 is 0 Å². The summed E-state index contributed by atoms with van der Waals surface area (Å²) in [5.41, 5.74) is 9.45. The van der Waals surface area contributed by atoms with E-state index in [0.717, 1.165) is 37.2 Å². The van der Waals surface area contributed by atoms with Gasteiger partial charge in [0.15, 0.2) is 5.65 Å². The van der Waals surface area contributed by atoms with Crippen LogP contribution in [0.2, 0.25) is 0 Å². The van der Waals surface area contributed by atoms with Gasteiger partial charge in [0, 0.05) is 37.2 Å². The van der Waals surface area contributed by atoms with Crippen molar-refractivity contribution in [2.24, 2.45) is 0 Å². The van der Waals surface area contributed by atoms with Crippen LogP contribution in [0.1, 0.15) is 48.9 Å². The van der Waals surface area contributed by atoms with E-state index in [-0.39, 0.29) is 30.4 Å². The number of para-hydroxylation sites is 1. The zero-order valence-electron chi connectivity index (χ0n) is 24.4. The molecule has 2 amide bonds. The van der Waals surface area contributed by atoms with Gasteiger partial charge in [0.2, 0.25) is 17.8 Å². The Labute approximate surface area is 258 Å². The van der Waals surface area contributed by atoms with Crippen molar-refractivity contribution in [2.75, 3.05) is 18.8 Å². The van der Waals surface area contributed by atoms with Gasteiger partial charge in [-0.1, -0.05) is 24.3 Å². The van der Waals surface area contributed by atoms with E-state index >= 15 is 0 Å². The van der Waals surface area contributed by atoms with E-state index in [0.29, 0.717) is 40.5 Å². The number of fused-ring (bicyclic) bond motifs is 1. The molecule has 1 atom stereocenters. The maximum Gasteiger partial charge on any atom is 0.234 e. The number of nitrogens with two attached hydrogens (primary N) is 1. The van der Waals surface area contributed by atoms with Crippen molar-refractivity contribution in [1.29, 1.82) is 0 Å². The van der Waals surface area contributed by atoms with Crippen LogP contribution in [0, 0.1) is 5.95 Å². The van der Waals surface area contributed by atoms with E-state index in [1.54, 1.807) is 12.1 Å². The summed E-state index contributed by atoms with van der Waals surface area (Å²) < 4.78 is 22.9. The van der Waals surface area contributed by atoms with Crippen molar-refractivity contribution in [3.8, 4) is 22.8 Å². The van der Waals surface area contributed by atoms with E-state index in [4.69, 9.17) is 15.6 Å². The molecule has 0 radical (unpaired) electrons. The Morgan fingerprint density at radius 3 is 2.42 bits per heavy atom. The predicted octanol–water partition coefficient (Wildman–Crippen LogP) is 4.76. The van der Waals surface area contributed by atoms with E-state index in [1.165, 1.54) is 6.33 Å². The Hall–Kier alpha value is -5.23. The molecule has 2 aliphatic heterocycles. The number of hydrogen-bond donors (Lipinski definition) is 2. The van der Waals surface area contributed by atoms with Crippen molar-refractivity contribution in [3.05, 3.63) is 90.3 Å². The number of rotatable bonds is 7. The molecule has 2 fully saturated rings. The number of carbonyl (C=O) groups excluding carboxylic acids is 2. The van der Waals surface area contributed by atoms with E-state index in [9.17, 15) is 14.0 Å². The average Bonchev–Trinajstić information content (AvgIpc) is 3.44. The lowest BCUT2D eigenvalue weighted by Gasteiger charge is -2.32. The lowest BCUT2D eigenvalue weighted by molar-refractivity contribution is -0.134. The third-order valence-corrected chi connectivity index (χ3v) is 8.46. The van der Waals surface area contributed by atoms with Crippen LogP contribution in [0.25, 0.3) is 22.3 Å². The highest BCUT2D eigenvalue weighted by Crippen LogP contribution is 2.35. The maximum atomic E-state index is 15.0. The molecule has 3 N–H and O–H groups in total. The molecule has 0 bridgehead atoms. The van der Waals surface area contributed by atoms with E-state index in [1.807, 2.05) is 59.3 Å². The minimum absolute atomic E-state index is 0.0899. The topological polar surface area (TPSA) is 141 Å². The smallest absolute Gasteiger partial charge is 0.234 e. The second kappa shape index (κ2) is 12.0. The number of anilines is 1. The Kier molecular flexibility index (Phi) is 7.64. The standard InChI is InChI=1S/C33H31FN8O3/c34-30-25(26-12-13-27(43)39-33(26)44)11-8-21(38-30)18-41-16-14-22(15-17-41)42-32-28(31(35)36-19-37-32)29(40-42)20-6-9-24(10-7-20)45-23-4-2-1-3-5-23/h1-11,19,22,26H,12-18H2,(H2,35,36,37)(H,39,43,44). The summed E-state index contributed by atoms with van der Waals surface area (Å²) in [4.78, 5) is 38.9. The van der Waals surface area contributed by atoms with Gasteiger partial charge in [-0.25, -0.2) is 19.6 Å². The molecule has 2 aliphatic rings. The first-order chi connectivity index (χ1) is 21.9. The molecular weight excluding hydrogens is 575 g/mol. The highest BCUT2D eigenvalue weighted by atomic mass is 19.1. The fourth-order valence-electron chi connectivity index (χ4n) is 6.13. The summed E-state index contributed by atoms with van der Waals surface area (Å²) in [6.45, 7) is 1.99. The SMILES string of the molecule is Nc1ncnc2c1c(-c1ccc(Oc3ccccc3)cc1)nn2C1CCN(Cc2ccc(C3CCC(=O)NC3=O)c(F)n2)CC1. The molecule has 11 nitrogen and oxygen atoms in total. The Bertz CT molecular complexity index is 1870. The number of aromatic nitrogens is 5. The fourth-order valence-corrected chi connectivity index (χ4v) is 6.13. The van der Waals surface area contributed by atoms with Crippen LogP contribution in [0.4, 0.5) is 10.2 Å². The second-order valence-corrected chi connectivity index (χ2v) is 11.4. The van der Waals surface area contributed by atoms with Crippen LogP contribution in [0.3, 0.4) is 0 Å². The van der Waals surface area contributed by atoms with Crippen LogP contribution < -0.4 is 15.8 Å². The van der Waals surface area contributed by atoms with Crippen molar-refractivity contribution < 1.29 is 18.7 Å². The fraction of sp³-hybridized carbons (Fsp3) is 0.273. The minimum atomic E-state index is -0.702. The van der Waals surface area contributed by atoms with Gasteiger partial charge in [0.05, 0.1) is 23.0 Å². The van der Waals surface area contributed by atoms with Gasteiger partial charge in [-0.15, -0.1) is 0 Å². The largest absolute Gasteiger partial charge is 0.457 e. The first kappa shape index (κ1) is 28.5. The Morgan fingerprint density at radius 1 is 0.933 bits per heavy atom. The lowest BCUT2D eigenvalue weighted by Crippen LogP contribution is -2.39. The maximum absolute atomic E-state index is 15.0. The van der Waals surface area contributed by atoms with Crippen LogP contribution in [-0.2, 0) is 16.1 Å². The number of amides is 2. The number of pyridine rings is 1. The predicted molar refractivity (Wildman–Crippen MR) is 165 cm³/mol. The normalized spacial score (nSPS) is 17.8. The molecule has 2 saturated heterocycles. The molecular formula is C33H31FN8O3. The van der Waals surface area contributed by atoms with Gasteiger partial charge in [-0.3, -0.25) is 19.8 Å². The molecule has 0 aliphatic carbocycles. The summed E-state index contributed by atoms with van der Waals surface area (Å²) in [5.74, 6) is -0.326. The highest BCUT2D eigenvalue weighted by molar-refractivity contribution is 6.01. The van der Waals surface area contributed by atoms with Crippen LogP contribution in [0.15, 0.2) is 73.1 Å². The molecule has 3 aromatic heterocycles. The molecule has 2 aromatic carbocycles. The molecule has 7 rings (SSSR count). The number of ether oxygens (including phenoxy) is 1. The zero-order chi connectivity index (χ0) is 30.9. The molecule has 0 spiro atoms. The lowest BCUT2D eigenvalue weighted by atomic mass is 9.91. The van der Waals surface area contributed by atoms with Gasteiger partial charge in [-0.2, -0.15) is 9.49 Å². The van der Waals surface area contributed by atoms with Crippen molar-refractivity contribution in [2.45, 2.75) is 44.2 Å². The van der Waals surface area contributed by atoms with Gasteiger partial charge in [0.1, 0.15) is 29.3 Å². The number of piperidine rings is 2. The highest BCUT2D eigenvalue weighted by Gasteiger charge is 2.31. The molecule has 5 heterocycles. The monoisotopic (exact) mass is 606 g/mol. The Balaban J connectivity index is 1.05. The number of nitrogens with one attached hydrogen (secondary N) is 1. The summed E-state index contributed by atoms with van der Waals surface area (Å²) in [5, 5.41) is 8.00. The number of nitrogen functional groups attached to an aromatic ring is 1. The van der Waals surface area contributed by atoms with Crippen molar-refractivity contribution >= 4 is 28.7 Å². The number of nitrogens with zero attached hydrogens (tertiary/aromatic N) is 6. The van der Waals surface area contributed by atoms with Gasteiger partial charge in [-0.05, 0) is 61.7 Å². The molecule has 45 heavy (non-hydrogen) atoms. The summed E-state index contributed by atoms with van der Waals surface area (Å²) >= 11 is 0. The van der Waals surface area contributed by atoms with Gasteiger partial charge < -0.3 is 10.5 Å². The number of benzene rings is 2. The number of carbonyl (C=O) groups is 2. The minimum Gasteiger partial charge on any atom is -0.457 e. The Morgan fingerprint density at radius 2 is 1.69 bits per heavy atom. The van der Waals surface area contributed by atoms with Crippen LogP contribution in [0.5, 0.6) is 11.5 Å². The first-order valence-corrected chi connectivity index (χ1v) is 15.0. The summed E-state index contributed by atoms with van der Waals surface area (Å²) in [6, 6.07) is 20.8. The van der Waals surface area contributed by atoms with Gasteiger partial charge in [0.25, 0.3) is 0 Å². The number of halogens is 1. The average molecular weight is 607 g/mol. The third-order valence-electron chi connectivity index (χ3n) is 8.46. The molecule has 12 heteroatoms. The van der Waals surface area contributed by atoms with E-state index < -0.39 is 17.8 Å².